The summed E-state index contributed by atoms with van der Waals surface area (Å²) in [5, 5.41) is 0. The highest BCUT2D eigenvalue weighted by molar-refractivity contribution is 7.91. The first kappa shape index (κ1) is 19.8. The molecule has 2 heterocycles. The minimum absolute atomic E-state index is 0.00286. The predicted molar refractivity (Wildman–Crippen MR) is 101 cm³/mol. The van der Waals surface area contributed by atoms with E-state index in [0.717, 1.165) is 5.56 Å². The van der Waals surface area contributed by atoms with Crippen LogP contribution in [0.15, 0.2) is 30.3 Å². The Kier molecular flexibility index (Phi) is 6.37. The van der Waals surface area contributed by atoms with Gasteiger partial charge in [0, 0.05) is 13.1 Å². The monoisotopic (exact) mass is 401 g/mol. The third-order valence-electron chi connectivity index (χ3n) is 5.13. The van der Waals surface area contributed by atoms with Crippen LogP contribution in [-0.4, -0.2) is 57.6 Å². The lowest BCUT2D eigenvalue weighted by Crippen LogP contribution is -2.44. The third kappa shape index (κ3) is 5.52. The number of sulfonamides is 1. The second-order valence-corrected chi connectivity index (χ2v) is 11.5. The molecule has 1 aromatic rings. The zero-order valence-electron chi connectivity index (χ0n) is 14.9. The molecular formula is C18H27NO5S2. The van der Waals surface area contributed by atoms with Gasteiger partial charge in [0.15, 0.2) is 9.84 Å². The predicted octanol–water partition coefficient (Wildman–Crippen LogP) is 1.82. The van der Waals surface area contributed by atoms with Crippen molar-refractivity contribution in [3.63, 3.8) is 0 Å². The smallest absolute Gasteiger partial charge is 0.214 e. The Labute approximate surface area is 156 Å². The summed E-state index contributed by atoms with van der Waals surface area (Å²) < 4.78 is 56.2. The van der Waals surface area contributed by atoms with Crippen LogP contribution >= 0.6 is 0 Å². The van der Waals surface area contributed by atoms with Crippen molar-refractivity contribution in [2.75, 3.05) is 30.3 Å². The summed E-state index contributed by atoms with van der Waals surface area (Å²) in [5.41, 5.74) is 1.11. The van der Waals surface area contributed by atoms with E-state index in [1.54, 1.807) is 0 Å². The van der Waals surface area contributed by atoms with Crippen molar-refractivity contribution < 1.29 is 21.6 Å². The fourth-order valence-electron chi connectivity index (χ4n) is 3.72. The summed E-state index contributed by atoms with van der Waals surface area (Å²) in [5.74, 6) is -0.135. The van der Waals surface area contributed by atoms with Crippen molar-refractivity contribution in [3.8, 4) is 0 Å². The van der Waals surface area contributed by atoms with E-state index in [9.17, 15) is 16.8 Å². The minimum Gasteiger partial charge on any atom is -0.373 e. The standard InChI is InChI=1S/C18H27NO5S2/c20-25(21)12-4-7-17(14-25)15-26(22,23)19-10-8-18(9-11-19)24-13-16-5-2-1-3-6-16/h1-3,5-6,17-18H,4,7-15H2/t17-/m1/s1. The molecule has 0 amide bonds. The van der Waals surface area contributed by atoms with Crippen molar-refractivity contribution in [1.82, 2.24) is 4.31 Å². The van der Waals surface area contributed by atoms with Crippen LogP contribution in [-0.2, 0) is 31.2 Å². The van der Waals surface area contributed by atoms with Crippen molar-refractivity contribution in [1.29, 1.82) is 0 Å². The quantitative estimate of drug-likeness (QED) is 0.726. The van der Waals surface area contributed by atoms with Gasteiger partial charge < -0.3 is 4.74 Å². The molecule has 0 aromatic heterocycles. The van der Waals surface area contributed by atoms with Gasteiger partial charge in [0.1, 0.15) is 0 Å². The number of ether oxygens (including phenoxy) is 1. The number of nitrogens with zero attached hydrogens (tertiary/aromatic N) is 1. The summed E-state index contributed by atoms with van der Waals surface area (Å²) in [6.07, 6.45) is 2.66. The van der Waals surface area contributed by atoms with Crippen LogP contribution in [0.3, 0.4) is 0 Å². The van der Waals surface area contributed by atoms with E-state index in [2.05, 4.69) is 0 Å². The normalized spacial score (nSPS) is 25.2. The van der Waals surface area contributed by atoms with Gasteiger partial charge >= 0.3 is 0 Å². The molecule has 2 aliphatic rings. The average Bonchev–Trinajstić information content (AvgIpc) is 2.60. The molecule has 0 radical (unpaired) electrons. The largest absolute Gasteiger partial charge is 0.373 e. The minimum atomic E-state index is -3.41. The van der Waals surface area contributed by atoms with Crippen LogP contribution in [0.2, 0.25) is 0 Å². The molecular weight excluding hydrogens is 374 g/mol. The lowest BCUT2D eigenvalue weighted by Gasteiger charge is -2.32. The maximum absolute atomic E-state index is 12.6. The number of rotatable bonds is 6. The molecule has 6 nitrogen and oxygen atoms in total. The lowest BCUT2D eigenvalue weighted by molar-refractivity contribution is 0.0102. The van der Waals surface area contributed by atoms with Gasteiger partial charge in [-0.3, -0.25) is 0 Å². The zero-order chi connectivity index (χ0) is 18.6. The molecule has 0 spiro atoms. The highest BCUT2D eigenvalue weighted by Gasteiger charge is 2.33. The average molecular weight is 402 g/mol. The van der Waals surface area contributed by atoms with E-state index in [0.29, 0.717) is 45.4 Å². The van der Waals surface area contributed by atoms with Gasteiger partial charge in [0.25, 0.3) is 0 Å². The van der Waals surface area contributed by atoms with Crippen LogP contribution in [0.4, 0.5) is 0 Å². The van der Waals surface area contributed by atoms with E-state index < -0.39 is 19.9 Å². The summed E-state index contributed by atoms with van der Waals surface area (Å²) in [4.78, 5) is 0. The van der Waals surface area contributed by atoms with E-state index in [-0.39, 0.29) is 29.3 Å². The molecule has 2 saturated heterocycles. The Morgan fingerprint density at radius 3 is 2.42 bits per heavy atom. The molecule has 0 unspecified atom stereocenters. The maximum atomic E-state index is 12.6. The first-order valence-corrected chi connectivity index (χ1v) is 12.6. The summed E-state index contributed by atoms with van der Waals surface area (Å²) in [6.45, 7) is 1.43. The maximum Gasteiger partial charge on any atom is 0.214 e. The molecule has 8 heteroatoms. The molecule has 0 saturated carbocycles. The van der Waals surface area contributed by atoms with E-state index >= 15 is 0 Å². The van der Waals surface area contributed by atoms with Crippen LogP contribution in [0.25, 0.3) is 0 Å². The van der Waals surface area contributed by atoms with Crippen molar-refractivity contribution in [2.24, 2.45) is 5.92 Å². The SMILES string of the molecule is O=S1(=O)CCC[C@@H](CS(=O)(=O)N2CCC(OCc3ccccc3)CC2)C1. The molecule has 0 aliphatic carbocycles. The second-order valence-electron chi connectivity index (χ2n) is 7.30. The van der Waals surface area contributed by atoms with Crippen LogP contribution in [0.1, 0.15) is 31.2 Å². The molecule has 146 valence electrons. The number of hydrogen-bond donors (Lipinski definition) is 0. The summed E-state index contributed by atoms with van der Waals surface area (Å²) >= 11 is 0. The van der Waals surface area contributed by atoms with E-state index in [1.807, 2.05) is 30.3 Å². The fourth-order valence-corrected chi connectivity index (χ4v) is 7.50. The molecule has 3 rings (SSSR count). The number of hydrogen-bond acceptors (Lipinski definition) is 5. The third-order valence-corrected chi connectivity index (χ3v) is 9.06. The van der Waals surface area contributed by atoms with Crippen molar-refractivity contribution >= 4 is 19.9 Å². The number of benzene rings is 1. The van der Waals surface area contributed by atoms with E-state index in [1.165, 1.54) is 4.31 Å². The van der Waals surface area contributed by atoms with Crippen LogP contribution in [0.5, 0.6) is 0 Å². The Balaban J connectivity index is 1.47. The Morgan fingerprint density at radius 2 is 1.77 bits per heavy atom. The fraction of sp³-hybridized carbons (Fsp3) is 0.667. The van der Waals surface area contributed by atoms with E-state index in [4.69, 9.17) is 4.74 Å². The van der Waals surface area contributed by atoms with Crippen molar-refractivity contribution in [2.45, 2.75) is 38.4 Å². The Hall–Kier alpha value is -0.960. The summed E-state index contributed by atoms with van der Waals surface area (Å²) in [7, 11) is -6.49. The highest BCUT2D eigenvalue weighted by atomic mass is 32.2. The number of piperidine rings is 1. The van der Waals surface area contributed by atoms with Gasteiger partial charge in [-0.2, -0.15) is 0 Å². The molecule has 0 bridgehead atoms. The topological polar surface area (TPSA) is 80.8 Å². The molecule has 2 aliphatic heterocycles. The number of sulfone groups is 1. The molecule has 1 atom stereocenters. The van der Waals surface area contributed by atoms with Gasteiger partial charge in [-0.15, -0.1) is 0 Å². The Morgan fingerprint density at radius 1 is 1.08 bits per heavy atom. The Bertz CT molecular complexity index is 784. The van der Waals surface area contributed by atoms with Crippen molar-refractivity contribution in [3.05, 3.63) is 35.9 Å². The first-order valence-electron chi connectivity index (χ1n) is 9.18. The van der Waals surface area contributed by atoms with Gasteiger partial charge in [0.2, 0.25) is 10.0 Å². The zero-order valence-corrected chi connectivity index (χ0v) is 16.6. The van der Waals surface area contributed by atoms with Crippen LogP contribution in [0, 0.1) is 5.92 Å². The van der Waals surface area contributed by atoms with Gasteiger partial charge in [-0.1, -0.05) is 30.3 Å². The van der Waals surface area contributed by atoms with Crippen LogP contribution < -0.4 is 0 Å². The second kappa shape index (κ2) is 8.37. The first-order chi connectivity index (χ1) is 12.3. The molecule has 26 heavy (non-hydrogen) atoms. The highest BCUT2D eigenvalue weighted by Crippen LogP contribution is 2.24. The van der Waals surface area contributed by atoms with Gasteiger partial charge in [-0.05, 0) is 37.2 Å². The van der Waals surface area contributed by atoms with Gasteiger partial charge in [0.05, 0.1) is 30.0 Å². The molecule has 0 N–H and O–H groups in total. The summed E-state index contributed by atoms with van der Waals surface area (Å²) in [6, 6.07) is 9.93. The molecule has 2 fully saturated rings. The lowest BCUT2D eigenvalue weighted by atomic mass is 10.1. The van der Waals surface area contributed by atoms with Gasteiger partial charge in [-0.25, -0.2) is 21.1 Å². The molecule has 1 aromatic carbocycles.